The first-order valence-electron chi connectivity index (χ1n) is 10.3. The molecule has 0 aliphatic rings. The molecule has 2 amide bonds. The fourth-order valence-corrected chi connectivity index (χ4v) is 4.03. The van der Waals surface area contributed by atoms with E-state index in [0.717, 1.165) is 22.6 Å². The molecule has 6 heteroatoms. The number of methoxy groups -OCH3 is 1. The van der Waals surface area contributed by atoms with Crippen LogP contribution in [0.15, 0.2) is 48.5 Å². The van der Waals surface area contributed by atoms with Crippen molar-refractivity contribution in [1.29, 1.82) is 0 Å². The molecule has 1 N–H and O–H groups in total. The normalized spacial score (nSPS) is 11.6. The average Bonchev–Trinajstić information content (AvgIpc) is 2.75. The summed E-state index contributed by atoms with van der Waals surface area (Å²) in [5, 5.41) is 2.87. The third kappa shape index (κ3) is 7.10. The topological polar surface area (TPSA) is 58.6 Å². The number of nitrogens with zero attached hydrogens (tertiary/aromatic N) is 1. The zero-order valence-electron chi connectivity index (χ0n) is 18.3. The summed E-state index contributed by atoms with van der Waals surface area (Å²) >= 11 is 1.56. The summed E-state index contributed by atoms with van der Waals surface area (Å²) in [5.41, 5.74) is 3.33. The summed E-state index contributed by atoms with van der Waals surface area (Å²) in [6, 6.07) is 15.5. The Balaban J connectivity index is 2.07. The molecule has 1 atom stereocenters. The van der Waals surface area contributed by atoms with Gasteiger partial charge in [-0.3, -0.25) is 9.59 Å². The Bertz CT molecular complexity index is 806. The highest BCUT2D eigenvalue weighted by Gasteiger charge is 2.28. The maximum atomic E-state index is 13.1. The highest BCUT2D eigenvalue weighted by atomic mass is 32.2. The SMILES string of the molecule is CCNC(=O)[C@H](CC)N(Cc1ccc(C)cc1)C(=O)CSCc1ccc(OC)cc1. The molecule has 0 unspecified atom stereocenters. The number of hydrogen-bond donors (Lipinski definition) is 1. The van der Waals surface area contributed by atoms with Gasteiger partial charge in [0, 0.05) is 18.8 Å². The molecule has 0 bridgehead atoms. The molecule has 0 aromatic heterocycles. The van der Waals surface area contributed by atoms with E-state index in [1.807, 2.05) is 69.3 Å². The van der Waals surface area contributed by atoms with Crippen LogP contribution in [0.1, 0.15) is 37.0 Å². The lowest BCUT2D eigenvalue weighted by Crippen LogP contribution is -2.49. The van der Waals surface area contributed by atoms with Gasteiger partial charge in [0.1, 0.15) is 11.8 Å². The monoisotopic (exact) mass is 428 g/mol. The molecule has 5 nitrogen and oxygen atoms in total. The van der Waals surface area contributed by atoms with Gasteiger partial charge in [0.05, 0.1) is 12.9 Å². The second-order valence-corrected chi connectivity index (χ2v) is 8.15. The van der Waals surface area contributed by atoms with Crippen LogP contribution < -0.4 is 10.1 Å². The van der Waals surface area contributed by atoms with Gasteiger partial charge >= 0.3 is 0 Å². The second kappa shape index (κ2) is 12.3. The lowest BCUT2D eigenvalue weighted by atomic mass is 10.1. The van der Waals surface area contributed by atoms with Crippen LogP contribution in [0, 0.1) is 6.92 Å². The molecule has 0 aliphatic carbocycles. The summed E-state index contributed by atoms with van der Waals surface area (Å²) in [6.45, 7) is 6.85. The summed E-state index contributed by atoms with van der Waals surface area (Å²) in [7, 11) is 1.64. The fraction of sp³-hybridized carbons (Fsp3) is 0.417. The van der Waals surface area contributed by atoms with Gasteiger partial charge in [0.2, 0.25) is 11.8 Å². The maximum absolute atomic E-state index is 13.1. The van der Waals surface area contributed by atoms with Crippen molar-refractivity contribution < 1.29 is 14.3 Å². The number of benzene rings is 2. The van der Waals surface area contributed by atoms with Crippen LogP contribution >= 0.6 is 11.8 Å². The van der Waals surface area contributed by atoms with Gasteiger partial charge in [-0.25, -0.2) is 0 Å². The van der Waals surface area contributed by atoms with Gasteiger partial charge in [-0.1, -0.05) is 48.9 Å². The first kappa shape index (κ1) is 23.8. The van der Waals surface area contributed by atoms with Crippen molar-refractivity contribution >= 4 is 23.6 Å². The van der Waals surface area contributed by atoms with Crippen LogP contribution in [-0.2, 0) is 21.9 Å². The predicted molar refractivity (Wildman–Crippen MR) is 124 cm³/mol. The molecule has 2 rings (SSSR count). The van der Waals surface area contributed by atoms with Crippen molar-refractivity contribution in [3.8, 4) is 5.75 Å². The Morgan fingerprint density at radius 3 is 2.23 bits per heavy atom. The standard InChI is InChI=1S/C24H32N2O3S/c1-5-22(24(28)25-6-2)26(15-19-9-7-18(3)8-10-19)23(27)17-30-16-20-11-13-21(29-4)14-12-20/h7-14,22H,5-6,15-17H2,1-4H3,(H,25,28)/t22-/m0/s1. The van der Waals surface area contributed by atoms with E-state index in [1.54, 1.807) is 23.8 Å². The van der Waals surface area contributed by atoms with Crippen molar-refractivity contribution in [1.82, 2.24) is 10.2 Å². The second-order valence-electron chi connectivity index (χ2n) is 7.17. The molecule has 0 spiro atoms. The number of ether oxygens (including phenoxy) is 1. The Kier molecular flexibility index (Phi) is 9.74. The number of aryl methyl sites for hydroxylation is 1. The van der Waals surface area contributed by atoms with E-state index in [-0.39, 0.29) is 11.8 Å². The zero-order valence-corrected chi connectivity index (χ0v) is 19.1. The van der Waals surface area contributed by atoms with Crippen molar-refractivity contribution in [2.45, 2.75) is 45.5 Å². The van der Waals surface area contributed by atoms with Gasteiger partial charge in [-0.2, -0.15) is 0 Å². The van der Waals surface area contributed by atoms with Crippen molar-refractivity contribution in [2.75, 3.05) is 19.4 Å². The summed E-state index contributed by atoms with van der Waals surface area (Å²) in [4.78, 5) is 27.4. The molecular formula is C24H32N2O3S. The number of hydrogen-bond acceptors (Lipinski definition) is 4. The molecule has 0 saturated heterocycles. The van der Waals surface area contributed by atoms with E-state index < -0.39 is 6.04 Å². The molecule has 0 heterocycles. The van der Waals surface area contributed by atoms with Gasteiger partial charge in [0.25, 0.3) is 0 Å². The molecule has 2 aromatic carbocycles. The molecule has 0 saturated carbocycles. The Labute approximate surface area is 184 Å². The van der Waals surface area contributed by atoms with Crippen molar-refractivity contribution in [3.63, 3.8) is 0 Å². The Morgan fingerprint density at radius 2 is 1.67 bits per heavy atom. The van der Waals surface area contributed by atoms with Gasteiger partial charge in [-0.05, 0) is 43.5 Å². The highest BCUT2D eigenvalue weighted by molar-refractivity contribution is 7.99. The number of likely N-dealkylation sites (N-methyl/N-ethyl adjacent to an activating group) is 1. The van der Waals surface area contributed by atoms with E-state index in [1.165, 1.54) is 5.56 Å². The van der Waals surface area contributed by atoms with E-state index >= 15 is 0 Å². The largest absolute Gasteiger partial charge is 0.497 e. The Hall–Kier alpha value is -2.47. The summed E-state index contributed by atoms with van der Waals surface area (Å²) in [5.74, 6) is 1.75. The summed E-state index contributed by atoms with van der Waals surface area (Å²) < 4.78 is 5.18. The minimum Gasteiger partial charge on any atom is -0.497 e. The molecule has 2 aromatic rings. The first-order valence-corrected chi connectivity index (χ1v) is 11.5. The molecular weight excluding hydrogens is 396 g/mol. The van der Waals surface area contributed by atoms with E-state index in [2.05, 4.69) is 5.32 Å². The lowest BCUT2D eigenvalue weighted by molar-refractivity contribution is -0.139. The highest BCUT2D eigenvalue weighted by Crippen LogP contribution is 2.19. The van der Waals surface area contributed by atoms with Crippen LogP contribution in [-0.4, -0.2) is 42.2 Å². The Morgan fingerprint density at radius 1 is 1.03 bits per heavy atom. The predicted octanol–water partition coefficient (Wildman–Crippen LogP) is 4.18. The number of thioether (sulfide) groups is 1. The van der Waals surface area contributed by atoms with Crippen LogP contribution in [0.5, 0.6) is 5.75 Å². The third-order valence-corrected chi connectivity index (χ3v) is 5.85. The fourth-order valence-electron chi connectivity index (χ4n) is 3.16. The number of amides is 2. The minimum atomic E-state index is -0.472. The van der Waals surface area contributed by atoms with E-state index in [9.17, 15) is 9.59 Å². The average molecular weight is 429 g/mol. The lowest BCUT2D eigenvalue weighted by Gasteiger charge is -2.30. The van der Waals surface area contributed by atoms with Crippen LogP contribution in [0.3, 0.4) is 0 Å². The quantitative estimate of drug-likeness (QED) is 0.583. The van der Waals surface area contributed by atoms with Crippen LogP contribution in [0.4, 0.5) is 0 Å². The molecule has 0 aliphatic heterocycles. The van der Waals surface area contributed by atoms with Gasteiger partial charge in [0.15, 0.2) is 0 Å². The molecule has 162 valence electrons. The number of rotatable bonds is 11. The van der Waals surface area contributed by atoms with Gasteiger partial charge in [-0.15, -0.1) is 11.8 Å². The molecule has 30 heavy (non-hydrogen) atoms. The van der Waals surface area contributed by atoms with Crippen LogP contribution in [0.2, 0.25) is 0 Å². The van der Waals surface area contributed by atoms with Crippen LogP contribution in [0.25, 0.3) is 0 Å². The third-order valence-electron chi connectivity index (χ3n) is 4.86. The number of carbonyl (C=O) groups is 2. The number of nitrogens with one attached hydrogen (secondary N) is 1. The molecule has 0 radical (unpaired) electrons. The smallest absolute Gasteiger partial charge is 0.242 e. The summed E-state index contributed by atoms with van der Waals surface area (Å²) in [6.07, 6.45) is 0.576. The first-order chi connectivity index (χ1) is 14.5. The van der Waals surface area contributed by atoms with Gasteiger partial charge < -0.3 is 15.0 Å². The van der Waals surface area contributed by atoms with E-state index in [0.29, 0.717) is 25.3 Å². The van der Waals surface area contributed by atoms with Crippen molar-refractivity contribution in [3.05, 3.63) is 65.2 Å². The minimum absolute atomic E-state index is 0.0211. The van der Waals surface area contributed by atoms with E-state index in [4.69, 9.17) is 4.74 Å². The zero-order chi connectivity index (χ0) is 21.9. The maximum Gasteiger partial charge on any atom is 0.242 e. The molecule has 0 fully saturated rings. The number of carbonyl (C=O) groups excluding carboxylic acids is 2. The van der Waals surface area contributed by atoms with Crippen molar-refractivity contribution in [2.24, 2.45) is 0 Å².